The number of halogens is 1. The number of benzene rings is 1. The highest BCUT2D eigenvalue weighted by molar-refractivity contribution is 5.90. The molecule has 0 aliphatic carbocycles. The number of rotatable bonds is 3. The fraction of sp³-hybridized carbons (Fsp3) is 0.167. The van der Waals surface area contributed by atoms with E-state index in [-0.39, 0.29) is 22.6 Å². The van der Waals surface area contributed by atoms with Crippen LogP contribution in [0, 0.1) is 12.7 Å². The Kier molecular flexibility index (Phi) is 3.12. The largest absolute Gasteiger partial charge is 0.477 e. The molecular formula is C12H10FNO4. The van der Waals surface area contributed by atoms with E-state index in [4.69, 9.17) is 9.63 Å². The van der Waals surface area contributed by atoms with E-state index in [0.29, 0.717) is 0 Å². The van der Waals surface area contributed by atoms with Crippen molar-refractivity contribution in [2.24, 2.45) is 0 Å². The summed E-state index contributed by atoms with van der Waals surface area (Å²) in [5.41, 5.74) is 0.161. The molecule has 1 aromatic heterocycles. The molecule has 0 aliphatic heterocycles. The molecule has 0 saturated carbocycles. The Morgan fingerprint density at radius 1 is 1.50 bits per heavy atom. The molecule has 18 heavy (non-hydrogen) atoms. The summed E-state index contributed by atoms with van der Waals surface area (Å²) >= 11 is 0. The second-order valence-electron chi connectivity index (χ2n) is 3.77. The molecule has 2 aromatic rings. The number of aromatic nitrogens is 1. The van der Waals surface area contributed by atoms with Gasteiger partial charge in [-0.25, -0.2) is 9.18 Å². The van der Waals surface area contributed by atoms with Crippen molar-refractivity contribution in [3.05, 3.63) is 52.7 Å². The molecule has 1 atom stereocenters. The van der Waals surface area contributed by atoms with E-state index in [1.807, 2.05) is 0 Å². The van der Waals surface area contributed by atoms with Crippen molar-refractivity contribution >= 4 is 5.97 Å². The van der Waals surface area contributed by atoms with Crippen LogP contribution in [-0.2, 0) is 0 Å². The number of carboxylic acids is 1. The van der Waals surface area contributed by atoms with Crippen LogP contribution in [0.3, 0.4) is 0 Å². The van der Waals surface area contributed by atoms with Crippen molar-refractivity contribution in [3.63, 3.8) is 0 Å². The Hall–Kier alpha value is -2.21. The van der Waals surface area contributed by atoms with Crippen molar-refractivity contribution in [3.8, 4) is 0 Å². The number of aliphatic hydroxyl groups excluding tert-OH is 1. The molecule has 2 N–H and O–H groups in total. The third-order valence-corrected chi connectivity index (χ3v) is 2.52. The summed E-state index contributed by atoms with van der Waals surface area (Å²) in [5.74, 6) is -1.98. The summed E-state index contributed by atoms with van der Waals surface area (Å²) < 4.78 is 17.8. The number of aromatic carboxylic acids is 1. The van der Waals surface area contributed by atoms with Gasteiger partial charge in [0.1, 0.15) is 17.5 Å². The first-order valence-electron chi connectivity index (χ1n) is 5.13. The van der Waals surface area contributed by atoms with Crippen LogP contribution >= 0.6 is 0 Å². The van der Waals surface area contributed by atoms with Crippen molar-refractivity contribution < 1.29 is 23.9 Å². The van der Waals surface area contributed by atoms with Crippen molar-refractivity contribution in [1.82, 2.24) is 5.16 Å². The molecule has 5 nitrogen and oxygen atoms in total. The molecule has 2 rings (SSSR count). The Balaban J connectivity index is 2.46. The molecule has 1 heterocycles. The van der Waals surface area contributed by atoms with Crippen LogP contribution in [-0.4, -0.2) is 21.3 Å². The minimum Gasteiger partial charge on any atom is -0.477 e. The van der Waals surface area contributed by atoms with Gasteiger partial charge in [-0.1, -0.05) is 17.3 Å². The SMILES string of the molecule is Cc1noc(C(O)c2cccc(F)c2)c1C(=O)O. The maximum atomic E-state index is 13.0. The molecule has 0 aliphatic rings. The zero-order valence-electron chi connectivity index (χ0n) is 9.42. The summed E-state index contributed by atoms with van der Waals surface area (Å²) in [4.78, 5) is 11.0. The lowest BCUT2D eigenvalue weighted by atomic mass is 10.0. The average Bonchev–Trinajstić information content (AvgIpc) is 2.70. The number of aryl methyl sites for hydroxylation is 1. The van der Waals surface area contributed by atoms with E-state index in [9.17, 15) is 14.3 Å². The number of hydrogen-bond acceptors (Lipinski definition) is 4. The minimum absolute atomic E-state index is 0.160. The summed E-state index contributed by atoms with van der Waals surface area (Å²) in [6.07, 6.45) is -1.37. The Morgan fingerprint density at radius 3 is 2.83 bits per heavy atom. The van der Waals surface area contributed by atoms with Crippen LogP contribution in [0.25, 0.3) is 0 Å². The van der Waals surface area contributed by atoms with Crippen LogP contribution in [0.4, 0.5) is 4.39 Å². The first kappa shape index (κ1) is 12.3. The predicted octanol–water partition coefficient (Wildman–Crippen LogP) is 1.90. The maximum absolute atomic E-state index is 13.0. The first-order valence-corrected chi connectivity index (χ1v) is 5.13. The third-order valence-electron chi connectivity index (χ3n) is 2.52. The smallest absolute Gasteiger partial charge is 0.341 e. The quantitative estimate of drug-likeness (QED) is 0.870. The van der Waals surface area contributed by atoms with Crippen LogP contribution in [0.15, 0.2) is 28.8 Å². The van der Waals surface area contributed by atoms with E-state index >= 15 is 0 Å². The molecule has 1 unspecified atom stereocenters. The van der Waals surface area contributed by atoms with Gasteiger partial charge in [-0.3, -0.25) is 0 Å². The van der Waals surface area contributed by atoms with Gasteiger partial charge < -0.3 is 14.7 Å². The third kappa shape index (κ3) is 2.10. The molecule has 0 amide bonds. The first-order chi connectivity index (χ1) is 8.50. The monoisotopic (exact) mass is 251 g/mol. The summed E-state index contributed by atoms with van der Waals surface area (Å²) in [6, 6.07) is 5.21. The van der Waals surface area contributed by atoms with Gasteiger partial charge in [0, 0.05) is 0 Å². The Morgan fingerprint density at radius 2 is 2.22 bits per heavy atom. The lowest BCUT2D eigenvalue weighted by Gasteiger charge is -2.08. The lowest BCUT2D eigenvalue weighted by Crippen LogP contribution is -2.07. The number of carbonyl (C=O) groups is 1. The van der Waals surface area contributed by atoms with E-state index in [1.165, 1.54) is 25.1 Å². The maximum Gasteiger partial charge on any atom is 0.341 e. The van der Waals surface area contributed by atoms with Gasteiger partial charge in [-0.15, -0.1) is 0 Å². The fourth-order valence-electron chi connectivity index (χ4n) is 1.66. The van der Waals surface area contributed by atoms with E-state index in [0.717, 1.165) is 6.07 Å². The minimum atomic E-state index is -1.37. The molecule has 0 spiro atoms. The molecule has 1 aromatic carbocycles. The van der Waals surface area contributed by atoms with Gasteiger partial charge in [0.2, 0.25) is 0 Å². The standard InChI is InChI=1S/C12H10FNO4/c1-6-9(12(16)17)11(18-14-6)10(15)7-3-2-4-8(13)5-7/h2-5,10,15H,1H3,(H,16,17). The molecule has 0 saturated heterocycles. The summed E-state index contributed by atoms with van der Waals surface area (Å²) in [5, 5.41) is 22.5. The molecule has 6 heteroatoms. The fourth-order valence-corrected chi connectivity index (χ4v) is 1.66. The van der Waals surface area contributed by atoms with E-state index in [1.54, 1.807) is 0 Å². The van der Waals surface area contributed by atoms with Gasteiger partial charge in [0.15, 0.2) is 5.76 Å². The second kappa shape index (κ2) is 4.58. The van der Waals surface area contributed by atoms with E-state index in [2.05, 4.69) is 5.16 Å². The lowest BCUT2D eigenvalue weighted by molar-refractivity contribution is 0.0686. The van der Waals surface area contributed by atoms with Gasteiger partial charge >= 0.3 is 5.97 Å². The topological polar surface area (TPSA) is 83.6 Å². The zero-order chi connectivity index (χ0) is 13.3. The number of aliphatic hydroxyl groups is 1. The van der Waals surface area contributed by atoms with Crippen LogP contribution < -0.4 is 0 Å². The number of carboxylic acid groups (broad SMARTS) is 1. The van der Waals surface area contributed by atoms with Crippen molar-refractivity contribution in [2.45, 2.75) is 13.0 Å². The van der Waals surface area contributed by atoms with Crippen LogP contribution in [0.2, 0.25) is 0 Å². The summed E-state index contributed by atoms with van der Waals surface area (Å²) in [7, 11) is 0. The highest BCUT2D eigenvalue weighted by atomic mass is 19.1. The molecule has 0 radical (unpaired) electrons. The molecule has 0 bridgehead atoms. The van der Waals surface area contributed by atoms with Crippen LogP contribution in [0.5, 0.6) is 0 Å². The molecular weight excluding hydrogens is 241 g/mol. The van der Waals surface area contributed by atoms with Crippen molar-refractivity contribution in [2.75, 3.05) is 0 Å². The van der Waals surface area contributed by atoms with Gasteiger partial charge in [-0.2, -0.15) is 0 Å². The highest BCUT2D eigenvalue weighted by Crippen LogP contribution is 2.27. The number of hydrogen-bond donors (Lipinski definition) is 2. The van der Waals surface area contributed by atoms with Crippen LogP contribution in [0.1, 0.15) is 33.5 Å². The second-order valence-corrected chi connectivity index (χ2v) is 3.77. The average molecular weight is 251 g/mol. The normalized spacial score (nSPS) is 12.4. The number of nitrogens with zero attached hydrogens (tertiary/aromatic N) is 1. The van der Waals surface area contributed by atoms with Gasteiger partial charge in [0.25, 0.3) is 0 Å². The van der Waals surface area contributed by atoms with E-state index < -0.39 is 17.9 Å². The highest BCUT2D eigenvalue weighted by Gasteiger charge is 2.26. The molecule has 0 fully saturated rings. The van der Waals surface area contributed by atoms with Gasteiger partial charge in [-0.05, 0) is 24.6 Å². The predicted molar refractivity (Wildman–Crippen MR) is 58.7 cm³/mol. The Labute approximate surface area is 101 Å². The van der Waals surface area contributed by atoms with Crippen molar-refractivity contribution in [1.29, 1.82) is 0 Å². The summed E-state index contributed by atoms with van der Waals surface area (Å²) in [6.45, 7) is 1.45. The van der Waals surface area contributed by atoms with Gasteiger partial charge in [0.05, 0.1) is 5.69 Å². The zero-order valence-corrected chi connectivity index (χ0v) is 9.42. The Bertz CT molecular complexity index is 594. The molecule has 94 valence electrons.